The smallest absolute Gasteiger partial charge is 0.127 e. The topological polar surface area (TPSA) is 21.3 Å². The first-order valence-electron chi connectivity index (χ1n) is 7.07. The summed E-state index contributed by atoms with van der Waals surface area (Å²) in [4.78, 5) is 0. The summed E-state index contributed by atoms with van der Waals surface area (Å²) >= 11 is 6.18. The molecular formula is C18H22ClNO. The number of ether oxygens (including phenoxy) is 1. The quantitative estimate of drug-likeness (QED) is 0.892. The second-order valence-corrected chi connectivity index (χ2v) is 5.79. The van der Waals surface area contributed by atoms with Gasteiger partial charge in [-0.3, -0.25) is 0 Å². The number of nitrogens with one attached hydrogen (secondary N) is 1. The minimum Gasteiger partial charge on any atom is -0.496 e. The minimum atomic E-state index is 0.0537. The number of aryl methyl sites for hydroxylation is 2. The summed E-state index contributed by atoms with van der Waals surface area (Å²) in [6.07, 6.45) is 0. The van der Waals surface area contributed by atoms with Crippen LogP contribution in [0.15, 0.2) is 30.3 Å². The van der Waals surface area contributed by atoms with Gasteiger partial charge in [-0.05, 0) is 62.2 Å². The van der Waals surface area contributed by atoms with Crippen LogP contribution in [0.1, 0.15) is 33.9 Å². The first-order chi connectivity index (χ1) is 9.99. The lowest BCUT2D eigenvalue weighted by atomic mass is 9.92. The Hall–Kier alpha value is -1.51. The highest BCUT2D eigenvalue weighted by molar-refractivity contribution is 6.30. The molecule has 0 saturated heterocycles. The zero-order chi connectivity index (χ0) is 15.6. The van der Waals surface area contributed by atoms with E-state index in [-0.39, 0.29) is 6.04 Å². The van der Waals surface area contributed by atoms with Gasteiger partial charge in [-0.15, -0.1) is 0 Å². The Bertz CT molecular complexity index is 652. The van der Waals surface area contributed by atoms with E-state index in [1.165, 1.54) is 22.3 Å². The van der Waals surface area contributed by atoms with Crippen LogP contribution >= 0.6 is 11.6 Å². The molecule has 0 spiro atoms. The van der Waals surface area contributed by atoms with Crippen molar-refractivity contribution in [1.82, 2.24) is 5.32 Å². The van der Waals surface area contributed by atoms with Gasteiger partial charge in [0.25, 0.3) is 0 Å². The molecule has 0 saturated carbocycles. The van der Waals surface area contributed by atoms with Crippen LogP contribution in [-0.2, 0) is 0 Å². The SMILES string of the molecule is CNC(c1cc(Cl)ccc1C)c1ccc(C)c(C)c1OC. The Morgan fingerprint density at radius 1 is 1.00 bits per heavy atom. The Morgan fingerprint density at radius 3 is 2.29 bits per heavy atom. The van der Waals surface area contributed by atoms with Crippen LogP contribution in [0.5, 0.6) is 5.75 Å². The zero-order valence-corrected chi connectivity index (χ0v) is 14.0. The summed E-state index contributed by atoms with van der Waals surface area (Å²) in [5.41, 5.74) is 5.92. The molecule has 0 heterocycles. The molecule has 21 heavy (non-hydrogen) atoms. The second-order valence-electron chi connectivity index (χ2n) is 5.35. The fourth-order valence-corrected chi connectivity index (χ4v) is 2.89. The van der Waals surface area contributed by atoms with Gasteiger partial charge in [-0.2, -0.15) is 0 Å². The molecule has 0 fully saturated rings. The average molecular weight is 304 g/mol. The molecule has 2 rings (SSSR count). The summed E-state index contributed by atoms with van der Waals surface area (Å²) in [5.74, 6) is 0.939. The number of hydrogen-bond acceptors (Lipinski definition) is 2. The van der Waals surface area contributed by atoms with Crippen molar-refractivity contribution in [2.24, 2.45) is 0 Å². The highest BCUT2D eigenvalue weighted by Crippen LogP contribution is 2.35. The van der Waals surface area contributed by atoms with Gasteiger partial charge in [-0.25, -0.2) is 0 Å². The van der Waals surface area contributed by atoms with Crippen LogP contribution in [0, 0.1) is 20.8 Å². The zero-order valence-electron chi connectivity index (χ0n) is 13.3. The van der Waals surface area contributed by atoms with Gasteiger partial charge in [0.05, 0.1) is 13.2 Å². The van der Waals surface area contributed by atoms with Crippen molar-refractivity contribution in [1.29, 1.82) is 0 Å². The molecule has 2 aromatic carbocycles. The standard InChI is InChI=1S/C18H22ClNO/c1-11-7-9-15(18(21-5)13(11)3)17(20-4)16-10-14(19)8-6-12(16)2/h6-10,17,20H,1-5H3. The van der Waals surface area contributed by atoms with Crippen molar-refractivity contribution < 1.29 is 4.74 Å². The van der Waals surface area contributed by atoms with Gasteiger partial charge in [0, 0.05) is 10.6 Å². The van der Waals surface area contributed by atoms with Crippen LogP contribution < -0.4 is 10.1 Å². The lowest BCUT2D eigenvalue weighted by molar-refractivity contribution is 0.402. The van der Waals surface area contributed by atoms with E-state index in [2.05, 4.69) is 44.3 Å². The molecule has 3 heteroatoms. The van der Waals surface area contributed by atoms with E-state index < -0.39 is 0 Å². The van der Waals surface area contributed by atoms with E-state index in [0.29, 0.717) is 0 Å². The Balaban J connectivity index is 2.62. The van der Waals surface area contributed by atoms with Crippen LogP contribution in [0.4, 0.5) is 0 Å². The molecular weight excluding hydrogens is 282 g/mol. The third-order valence-electron chi connectivity index (χ3n) is 4.06. The number of hydrogen-bond donors (Lipinski definition) is 1. The molecule has 0 bridgehead atoms. The molecule has 0 radical (unpaired) electrons. The number of rotatable bonds is 4. The van der Waals surface area contributed by atoms with Gasteiger partial charge in [0.1, 0.15) is 5.75 Å². The van der Waals surface area contributed by atoms with Gasteiger partial charge in [0.2, 0.25) is 0 Å². The third-order valence-corrected chi connectivity index (χ3v) is 4.30. The average Bonchev–Trinajstić information content (AvgIpc) is 2.47. The van der Waals surface area contributed by atoms with E-state index >= 15 is 0 Å². The monoisotopic (exact) mass is 303 g/mol. The minimum absolute atomic E-state index is 0.0537. The van der Waals surface area contributed by atoms with E-state index in [1.807, 2.05) is 19.2 Å². The highest BCUT2D eigenvalue weighted by Gasteiger charge is 2.20. The molecule has 1 N–H and O–H groups in total. The molecule has 1 unspecified atom stereocenters. The Morgan fingerprint density at radius 2 is 1.67 bits per heavy atom. The van der Waals surface area contributed by atoms with Crippen LogP contribution in [-0.4, -0.2) is 14.2 Å². The second kappa shape index (κ2) is 6.50. The molecule has 0 aliphatic rings. The Kier molecular flexibility index (Phi) is 4.92. The Labute approximate surface area is 132 Å². The van der Waals surface area contributed by atoms with Crippen molar-refractivity contribution in [2.45, 2.75) is 26.8 Å². The maximum absolute atomic E-state index is 6.18. The predicted octanol–water partition coefficient (Wildman–Crippen LogP) is 4.58. The molecule has 2 aromatic rings. The molecule has 0 aliphatic carbocycles. The molecule has 0 amide bonds. The first-order valence-corrected chi connectivity index (χ1v) is 7.44. The van der Waals surface area contributed by atoms with Crippen LogP contribution in [0.3, 0.4) is 0 Å². The van der Waals surface area contributed by atoms with E-state index in [1.54, 1.807) is 7.11 Å². The van der Waals surface area contributed by atoms with Crippen molar-refractivity contribution in [3.05, 3.63) is 63.2 Å². The summed E-state index contributed by atoms with van der Waals surface area (Å²) in [6.45, 7) is 6.29. The fourth-order valence-electron chi connectivity index (χ4n) is 2.71. The van der Waals surface area contributed by atoms with E-state index in [0.717, 1.165) is 16.3 Å². The predicted molar refractivity (Wildman–Crippen MR) is 89.6 cm³/mol. The van der Waals surface area contributed by atoms with Gasteiger partial charge < -0.3 is 10.1 Å². The van der Waals surface area contributed by atoms with Crippen molar-refractivity contribution in [3.63, 3.8) is 0 Å². The van der Waals surface area contributed by atoms with Crippen molar-refractivity contribution in [3.8, 4) is 5.75 Å². The summed E-state index contributed by atoms with van der Waals surface area (Å²) < 4.78 is 5.66. The molecule has 2 nitrogen and oxygen atoms in total. The normalized spacial score (nSPS) is 12.3. The van der Waals surface area contributed by atoms with E-state index in [9.17, 15) is 0 Å². The molecule has 1 atom stereocenters. The molecule has 112 valence electrons. The third kappa shape index (κ3) is 3.07. The molecule has 0 aliphatic heterocycles. The largest absolute Gasteiger partial charge is 0.496 e. The van der Waals surface area contributed by atoms with Gasteiger partial charge in [-0.1, -0.05) is 29.8 Å². The van der Waals surface area contributed by atoms with Crippen molar-refractivity contribution in [2.75, 3.05) is 14.2 Å². The highest BCUT2D eigenvalue weighted by atomic mass is 35.5. The maximum atomic E-state index is 6.18. The fraction of sp³-hybridized carbons (Fsp3) is 0.333. The number of benzene rings is 2. The van der Waals surface area contributed by atoms with Crippen molar-refractivity contribution >= 4 is 11.6 Å². The van der Waals surface area contributed by atoms with Gasteiger partial charge in [0.15, 0.2) is 0 Å². The van der Waals surface area contributed by atoms with Crippen LogP contribution in [0.25, 0.3) is 0 Å². The first kappa shape index (κ1) is 15.9. The summed E-state index contributed by atoms with van der Waals surface area (Å²) in [7, 11) is 3.68. The number of halogens is 1. The van der Waals surface area contributed by atoms with Gasteiger partial charge >= 0.3 is 0 Å². The maximum Gasteiger partial charge on any atom is 0.127 e. The van der Waals surface area contributed by atoms with Crippen LogP contribution in [0.2, 0.25) is 5.02 Å². The summed E-state index contributed by atoms with van der Waals surface area (Å²) in [6, 6.07) is 10.3. The lowest BCUT2D eigenvalue weighted by Gasteiger charge is -2.23. The lowest BCUT2D eigenvalue weighted by Crippen LogP contribution is -2.20. The molecule has 0 aromatic heterocycles. The number of methoxy groups -OCH3 is 1. The van der Waals surface area contributed by atoms with E-state index in [4.69, 9.17) is 16.3 Å². The summed E-state index contributed by atoms with van der Waals surface area (Å²) in [5, 5.41) is 4.13.